The number of H-pyrrole nitrogens is 1. The van der Waals surface area contributed by atoms with Crippen LogP contribution in [0.3, 0.4) is 0 Å². The first-order valence-corrected chi connectivity index (χ1v) is 11.9. The number of thiazole rings is 1. The Morgan fingerprint density at radius 2 is 1.74 bits per heavy atom. The number of benzene rings is 3. The van der Waals surface area contributed by atoms with Gasteiger partial charge in [-0.05, 0) is 19.1 Å². The summed E-state index contributed by atoms with van der Waals surface area (Å²) in [5.41, 5.74) is 3.53. The number of aliphatic imine (C=N–C) groups is 1. The van der Waals surface area contributed by atoms with Gasteiger partial charge in [-0.15, -0.1) is 0 Å². The second kappa shape index (κ2) is 9.40. The van der Waals surface area contributed by atoms with Gasteiger partial charge in [-0.3, -0.25) is 9.89 Å². The Hall–Kier alpha value is -3.88. The molecule has 0 fully saturated rings. The van der Waals surface area contributed by atoms with Crippen LogP contribution in [-0.4, -0.2) is 34.7 Å². The van der Waals surface area contributed by atoms with E-state index in [1.54, 1.807) is 19.1 Å². The molecule has 1 N–H and O–H groups in total. The van der Waals surface area contributed by atoms with Gasteiger partial charge in [-0.25, -0.2) is 9.98 Å². The van der Waals surface area contributed by atoms with E-state index < -0.39 is 0 Å². The fraction of sp³-hybridized carbons (Fsp3) is 0.115. The third kappa shape index (κ3) is 4.22. The van der Waals surface area contributed by atoms with Crippen molar-refractivity contribution in [2.45, 2.75) is 6.92 Å². The summed E-state index contributed by atoms with van der Waals surface area (Å²) in [5, 5.41) is 4.23. The van der Waals surface area contributed by atoms with Gasteiger partial charge in [0, 0.05) is 17.7 Å². The third-order valence-corrected chi connectivity index (χ3v) is 6.85. The van der Waals surface area contributed by atoms with Crippen LogP contribution in [0.2, 0.25) is 5.02 Å². The molecule has 0 unspecified atom stereocenters. The summed E-state index contributed by atoms with van der Waals surface area (Å²) in [6, 6.07) is 20.8. The Bertz CT molecular complexity index is 1590. The van der Waals surface area contributed by atoms with E-state index in [4.69, 9.17) is 26.1 Å². The monoisotopic (exact) mass is 504 g/mol. The summed E-state index contributed by atoms with van der Waals surface area (Å²) in [7, 11) is 3.07. The van der Waals surface area contributed by atoms with Crippen molar-refractivity contribution in [1.82, 2.24) is 14.8 Å². The number of ether oxygens (including phenoxy) is 2. The number of aromatic amines is 1. The molecule has 0 saturated heterocycles. The van der Waals surface area contributed by atoms with Gasteiger partial charge in [-0.1, -0.05) is 65.4 Å². The average Bonchev–Trinajstić information content (AvgIpc) is 3.46. The molecule has 0 spiro atoms. The molecular formula is C26H21ClN4O3S. The van der Waals surface area contributed by atoms with Crippen LogP contribution in [-0.2, 0) is 0 Å². The lowest BCUT2D eigenvalue weighted by molar-refractivity contribution is 0.404. The molecular weight excluding hydrogens is 484 g/mol. The van der Waals surface area contributed by atoms with Gasteiger partial charge in [0.1, 0.15) is 17.2 Å². The van der Waals surface area contributed by atoms with E-state index >= 15 is 0 Å². The van der Waals surface area contributed by atoms with Crippen LogP contribution >= 0.6 is 22.9 Å². The number of hydrogen-bond acceptors (Lipinski definition) is 6. The van der Waals surface area contributed by atoms with Crippen LogP contribution in [0.15, 0.2) is 76.5 Å². The maximum atomic E-state index is 13.7. The van der Waals surface area contributed by atoms with E-state index in [-0.39, 0.29) is 5.56 Å². The van der Waals surface area contributed by atoms with Crippen molar-refractivity contribution in [2.75, 3.05) is 14.2 Å². The Balaban J connectivity index is 1.72. The second-order valence-corrected chi connectivity index (χ2v) is 9.10. The Morgan fingerprint density at radius 1 is 1.03 bits per heavy atom. The number of aromatic nitrogens is 3. The number of fused-ring (bicyclic) bond motifs is 1. The van der Waals surface area contributed by atoms with Crippen LogP contribution in [0.4, 0.5) is 5.69 Å². The number of halogens is 1. The molecule has 0 aliphatic rings. The van der Waals surface area contributed by atoms with Gasteiger partial charge in [-0.2, -0.15) is 4.68 Å². The first-order valence-electron chi connectivity index (χ1n) is 10.7. The highest BCUT2D eigenvalue weighted by atomic mass is 35.5. The number of methoxy groups -OCH3 is 2. The molecule has 35 heavy (non-hydrogen) atoms. The average molecular weight is 505 g/mol. The lowest BCUT2D eigenvalue weighted by atomic mass is 10.1. The van der Waals surface area contributed by atoms with Gasteiger partial charge in [0.25, 0.3) is 5.56 Å². The van der Waals surface area contributed by atoms with E-state index in [1.807, 2.05) is 54.6 Å². The van der Waals surface area contributed by atoms with Crippen LogP contribution in [0, 0.1) is 0 Å². The highest BCUT2D eigenvalue weighted by molar-refractivity contribution is 7.20. The number of hydrogen-bond donors (Lipinski definition) is 1. The summed E-state index contributed by atoms with van der Waals surface area (Å²) in [6.45, 7) is 1.79. The molecule has 0 aliphatic carbocycles. The molecule has 0 amide bonds. The molecule has 0 atom stereocenters. The highest BCUT2D eigenvalue weighted by Crippen LogP contribution is 2.38. The molecule has 5 aromatic rings. The number of para-hydroxylation sites is 1. The molecule has 2 heterocycles. The molecule has 176 valence electrons. The minimum absolute atomic E-state index is 0.246. The second-order valence-electron chi connectivity index (χ2n) is 7.69. The molecule has 0 radical (unpaired) electrons. The smallest absolute Gasteiger partial charge is 0.283 e. The summed E-state index contributed by atoms with van der Waals surface area (Å²) in [4.78, 5) is 23.1. The van der Waals surface area contributed by atoms with Crippen molar-refractivity contribution >= 4 is 44.6 Å². The van der Waals surface area contributed by atoms with Crippen molar-refractivity contribution in [2.24, 2.45) is 4.99 Å². The van der Waals surface area contributed by atoms with E-state index in [1.165, 1.54) is 30.2 Å². The summed E-state index contributed by atoms with van der Waals surface area (Å²) < 4.78 is 13.3. The lowest BCUT2D eigenvalue weighted by Crippen LogP contribution is -2.19. The van der Waals surface area contributed by atoms with Crippen molar-refractivity contribution in [3.63, 3.8) is 0 Å². The van der Waals surface area contributed by atoms with E-state index in [2.05, 4.69) is 10.1 Å². The number of rotatable bonds is 6. The normalized spacial score (nSPS) is 11.7. The van der Waals surface area contributed by atoms with Crippen LogP contribution in [0.25, 0.3) is 26.6 Å². The van der Waals surface area contributed by atoms with Crippen molar-refractivity contribution in [3.05, 3.63) is 87.7 Å². The summed E-state index contributed by atoms with van der Waals surface area (Å²) >= 11 is 7.69. The minimum Gasteiger partial charge on any atom is -0.495 e. The van der Waals surface area contributed by atoms with Gasteiger partial charge in [0.05, 0.1) is 46.4 Å². The van der Waals surface area contributed by atoms with E-state index in [9.17, 15) is 4.79 Å². The topological polar surface area (TPSA) is 81.5 Å². The van der Waals surface area contributed by atoms with Crippen molar-refractivity contribution < 1.29 is 9.47 Å². The van der Waals surface area contributed by atoms with Gasteiger partial charge in [0.15, 0.2) is 0 Å². The molecule has 2 aromatic heterocycles. The van der Waals surface area contributed by atoms with Crippen molar-refractivity contribution in [3.8, 4) is 27.9 Å². The zero-order chi connectivity index (χ0) is 24.5. The Kier molecular flexibility index (Phi) is 6.15. The van der Waals surface area contributed by atoms with Crippen LogP contribution in [0.5, 0.6) is 11.5 Å². The van der Waals surface area contributed by atoms with Gasteiger partial charge < -0.3 is 9.47 Å². The lowest BCUT2D eigenvalue weighted by Gasteiger charge is -2.10. The zero-order valence-corrected chi connectivity index (χ0v) is 20.8. The Labute approximate surface area is 210 Å². The largest absolute Gasteiger partial charge is 0.495 e. The third-order valence-electron chi connectivity index (χ3n) is 5.53. The molecule has 3 aromatic carbocycles. The highest BCUT2D eigenvalue weighted by Gasteiger charge is 2.21. The number of nitrogens with zero attached hydrogens (tertiary/aromatic N) is 3. The molecule has 7 nitrogen and oxygen atoms in total. The van der Waals surface area contributed by atoms with E-state index in [0.717, 1.165) is 15.8 Å². The predicted molar refractivity (Wildman–Crippen MR) is 141 cm³/mol. The SMILES string of the molecule is COc1cc(N=C(C)c2c(-c3ccccc3)[nH]n(-c3nc4ccccc4s3)c2=O)c(OC)cc1Cl. The minimum atomic E-state index is -0.246. The summed E-state index contributed by atoms with van der Waals surface area (Å²) in [6.07, 6.45) is 0. The fourth-order valence-corrected chi connectivity index (χ4v) is 5.00. The summed E-state index contributed by atoms with van der Waals surface area (Å²) in [5.74, 6) is 0.932. The van der Waals surface area contributed by atoms with Crippen LogP contribution in [0.1, 0.15) is 12.5 Å². The standard InChI is InChI=1S/C26H21ClN4O3S/c1-15(28-19-14-20(33-2)17(27)13-21(19)34-3)23-24(16-9-5-4-6-10-16)30-31(25(23)32)26-29-18-11-7-8-12-22(18)35-26/h4-14,30H,1-3H3. The van der Waals surface area contributed by atoms with Gasteiger partial charge in [0.2, 0.25) is 5.13 Å². The molecule has 5 rings (SSSR count). The molecule has 9 heteroatoms. The molecule has 0 bridgehead atoms. The first-order chi connectivity index (χ1) is 17.0. The number of nitrogens with one attached hydrogen (secondary N) is 1. The maximum Gasteiger partial charge on any atom is 0.283 e. The quantitative estimate of drug-likeness (QED) is 0.277. The molecule has 0 saturated carbocycles. The first kappa shape index (κ1) is 22.9. The predicted octanol–water partition coefficient (Wildman–Crippen LogP) is 6.25. The Morgan fingerprint density at radius 3 is 2.46 bits per heavy atom. The fourth-order valence-electron chi connectivity index (χ4n) is 3.85. The molecule has 0 aliphatic heterocycles. The van der Waals surface area contributed by atoms with Crippen molar-refractivity contribution in [1.29, 1.82) is 0 Å². The van der Waals surface area contributed by atoms with Crippen LogP contribution < -0.4 is 15.0 Å². The van der Waals surface area contributed by atoms with Gasteiger partial charge >= 0.3 is 0 Å². The zero-order valence-electron chi connectivity index (χ0n) is 19.2. The maximum absolute atomic E-state index is 13.7. The van der Waals surface area contributed by atoms with E-state index in [0.29, 0.717) is 44.3 Å².